The van der Waals surface area contributed by atoms with Gasteiger partial charge >= 0.3 is 0 Å². The third kappa shape index (κ3) is 3.77. The number of nitro groups is 1. The molecule has 174 valence electrons. The smallest absolute Gasteiger partial charge is 0.274 e. The van der Waals surface area contributed by atoms with E-state index >= 15 is 0 Å². The average molecular weight is 478 g/mol. The van der Waals surface area contributed by atoms with Crippen molar-refractivity contribution in [2.24, 2.45) is 5.92 Å². The number of nitrogens with zero attached hydrogens (tertiary/aromatic N) is 1. The Morgan fingerprint density at radius 3 is 2.62 bits per heavy atom. The highest BCUT2D eigenvalue weighted by atomic mass is 32.2. The number of anilines is 2. The molecular formula is C25H23N3O5S. The number of benzene rings is 3. The van der Waals surface area contributed by atoms with E-state index in [0.717, 1.165) is 17.7 Å². The predicted molar refractivity (Wildman–Crippen MR) is 130 cm³/mol. The van der Waals surface area contributed by atoms with Crippen LogP contribution in [0.1, 0.15) is 29.5 Å². The molecule has 9 heteroatoms. The molecule has 8 nitrogen and oxygen atoms in total. The number of fused-ring (bicyclic) bond motifs is 3. The van der Waals surface area contributed by atoms with Gasteiger partial charge in [-0.1, -0.05) is 42.5 Å². The first-order chi connectivity index (χ1) is 16.4. The summed E-state index contributed by atoms with van der Waals surface area (Å²) in [6.07, 6.45) is 4.86. The molecule has 2 N–H and O–H groups in total. The maximum atomic E-state index is 13.2. The lowest BCUT2D eigenvalue weighted by Crippen LogP contribution is -2.30. The van der Waals surface area contributed by atoms with Crippen molar-refractivity contribution in [3.8, 4) is 5.75 Å². The topological polar surface area (TPSA) is 111 Å². The molecule has 1 heterocycles. The number of para-hydroxylation sites is 3. The number of ether oxygens (including phenoxy) is 1. The monoisotopic (exact) mass is 477 g/mol. The first-order valence-corrected chi connectivity index (χ1v) is 12.3. The number of sulfonamides is 1. The largest absolute Gasteiger partial charge is 0.495 e. The summed E-state index contributed by atoms with van der Waals surface area (Å²) >= 11 is 0. The standard InChI is InChI=1S/C25H23N3O5S/c1-33-24-12-5-3-10-22(24)27-34(31,32)16-13-14-21-20(15-16)17-8-6-9-18(17)25(26-21)19-7-2-4-11-23(19)28(29)30/h2-8,10-15,17-18,25-27H,9H2,1H3/t17-,18+,25-/m0/s1. The Morgan fingerprint density at radius 2 is 1.82 bits per heavy atom. The normalized spacial score (nSPS) is 20.7. The number of hydrogen-bond donors (Lipinski definition) is 2. The summed E-state index contributed by atoms with van der Waals surface area (Å²) in [6, 6.07) is 18.3. The third-order valence-electron chi connectivity index (χ3n) is 6.46. The van der Waals surface area contributed by atoms with E-state index in [-0.39, 0.29) is 33.4 Å². The van der Waals surface area contributed by atoms with E-state index in [9.17, 15) is 18.5 Å². The molecule has 5 rings (SSSR count). The van der Waals surface area contributed by atoms with Crippen LogP contribution < -0.4 is 14.8 Å². The van der Waals surface area contributed by atoms with Gasteiger partial charge in [-0.15, -0.1) is 0 Å². The fourth-order valence-corrected chi connectivity index (χ4v) is 6.00. The fourth-order valence-electron chi connectivity index (χ4n) is 4.90. The van der Waals surface area contributed by atoms with Crippen molar-refractivity contribution in [1.82, 2.24) is 0 Å². The van der Waals surface area contributed by atoms with Crippen molar-refractivity contribution in [3.63, 3.8) is 0 Å². The molecule has 0 saturated carbocycles. The Labute approximate surface area is 197 Å². The van der Waals surface area contributed by atoms with E-state index in [4.69, 9.17) is 4.74 Å². The molecule has 0 amide bonds. The summed E-state index contributed by atoms with van der Waals surface area (Å²) in [4.78, 5) is 11.4. The SMILES string of the molecule is COc1ccccc1NS(=O)(=O)c1ccc2c(c1)[C@H]1C=CC[C@H]1[C@@H](c1ccccc1[N+](=O)[O-])N2. The average Bonchev–Trinajstić information content (AvgIpc) is 3.34. The summed E-state index contributed by atoms with van der Waals surface area (Å²) in [6.45, 7) is 0. The van der Waals surface area contributed by atoms with Gasteiger partial charge in [0.2, 0.25) is 0 Å². The summed E-state index contributed by atoms with van der Waals surface area (Å²) < 4.78 is 34.2. The molecule has 0 saturated heterocycles. The molecule has 0 unspecified atom stereocenters. The van der Waals surface area contributed by atoms with Gasteiger partial charge < -0.3 is 10.1 Å². The first kappa shape index (κ1) is 22.0. The van der Waals surface area contributed by atoms with Crippen LogP contribution in [0.5, 0.6) is 5.75 Å². The van der Waals surface area contributed by atoms with Gasteiger partial charge in [-0.3, -0.25) is 14.8 Å². The van der Waals surface area contributed by atoms with Crippen molar-refractivity contribution < 1.29 is 18.1 Å². The van der Waals surface area contributed by atoms with Gasteiger partial charge in [-0.05, 0) is 48.2 Å². The lowest BCUT2D eigenvalue weighted by molar-refractivity contribution is -0.385. The second-order valence-electron chi connectivity index (χ2n) is 8.35. The molecule has 0 spiro atoms. The number of hydrogen-bond acceptors (Lipinski definition) is 6. The molecule has 2 aliphatic rings. The lowest BCUT2D eigenvalue weighted by atomic mass is 9.76. The molecule has 0 aromatic heterocycles. The lowest BCUT2D eigenvalue weighted by Gasteiger charge is -2.37. The summed E-state index contributed by atoms with van der Waals surface area (Å²) in [5, 5.41) is 15.1. The minimum absolute atomic E-state index is 0.0359. The third-order valence-corrected chi connectivity index (χ3v) is 7.83. The fraction of sp³-hybridized carbons (Fsp3) is 0.200. The van der Waals surface area contributed by atoms with Crippen LogP contribution >= 0.6 is 0 Å². The summed E-state index contributed by atoms with van der Waals surface area (Å²) in [7, 11) is -2.38. The van der Waals surface area contributed by atoms with Gasteiger partial charge in [-0.2, -0.15) is 0 Å². The van der Waals surface area contributed by atoms with Gasteiger partial charge in [0.05, 0.1) is 34.2 Å². The zero-order valence-corrected chi connectivity index (χ0v) is 19.2. The molecule has 3 aromatic rings. The molecule has 3 aromatic carbocycles. The zero-order valence-electron chi connectivity index (χ0n) is 18.3. The summed E-state index contributed by atoms with van der Waals surface area (Å²) in [5.41, 5.74) is 2.69. The second-order valence-corrected chi connectivity index (χ2v) is 10.0. The van der Waals surface area contributed by atoms with Gasteiger partial charge in [0, 0.05) is 17.7 Å². The van der Waals surface area contributed by atoms with Gasteiger partial charge in [0.25, 0.3) is 15.7 Å². The van der Waals surface area contributed by atoms with Crippen molar-refractivity contribution >= 4 is 27.1 Å². The van der Waals surface area contributed by atoms with E-state index in [0.29, 0.717) is 17.0 Å². The number of allylic oxidation sites excluding steroid dienone is 2. The Balaban J connectivity index is 1.51. The van der Waals surface area contributed by atoms with Gasteiger partial charge in [0.1, 0.15) is 5.75 Å². The van der Waals surface area contributed by atoms with Crippen LogP contribution in [0.4, 0.5) is 17.1 Å². The Morgan fingerprint density at radius 1 is 1.06 bits per heavy atom. The van der Waals surface area contributed by atoms with Crippen LogP contribution in [-0.4, -0.2) is 20.5 Å². The number of nitrogens with one attached hydrogen (secondary N) is 2. The quantitative estimate of drug-likeness (QED) is 0.286. The van der Waals surface area contributed by atoms with Crippen molar-refractivity contribution in [3.05, 3.63) is 100 Å². The van der Waals surface area contributed by atoms with Crippen molar-refractivity contribution in [2.45, 2.75) is 23.3 Å². The Bertz CT molecular complexity index is 1400. The molecule has 3 atom stereocenters. The minimum atomic E-state index is -3.86. The van der Waals surface area contributed by atoms with Crippen LogP contribution in [0.3, 0.4) is 0 Å². The number of rotatable bonds is 6. The van der Waals surface area contributed by atoms with Crippen LogP contribution in [0.25, 0.3) is 0 Å². The van der Waals surface area contributed by atoms with Crippen LogP contribution in [-0.2, 0) is 10.0 Å². The maximum absolute atomic E-state index is 13.2. The van der Waals surface area contributed by atoms with E-state index in [1.807, 2.05) is 0 Å². The Hall–Kier alpha value is -3.85. The second kappa shape index (κ2) is 8.49. The maximum Gasteiger partial charge on any atom is 0.274 e. The highest BCUT2D eigenvalue weighted by Crippen LogP contribution is 2.51. The summed E-state index contributed by atoms with van der Waals surface area (Å²) in [5.74, 6) is 0.410. The number of methoxy groups -OCH3 is 1. The van der Waals surface area contributed by atoms with Gasteiger partial charge in [0.15, 0.2) is 0 Å². The molecule has 0 radical (unpaired) electrons. The first-order valence-electron chi connectivity index (χ1n) is 10.9. The van der Waals surface area contributed by atoms with Crippen LogP contribution in [0, 0.1) is 16.0 Å². The van der Waals surface area contributed by atoms with Gasteiger partial charge in [-0.25, -0.2) is 8.42 Å². The van der Waals surface area contributed by atoms with Crippen LogP contribution in [0.2, 0.25) is 0 Å². The predicted octanol–water partition coefficient (Wildman–Crippen LogP) is 5.23. The molecule has 0 fully saturated rings. The van der Waals surface area contributed by atoms with E-state index in [1.54, 1.807) is 60.7 Å². The van der Waals surface area contributed by atoms with Crippen LogP contribution in [0.15, 0.2) is 83.8 Å². The van der Waals surface area contributed by atoms with E-state index in [2.05, 4.69) is 22.2 Å². The molecule has 34 heavy (non-hydrogen) atoms. The highest BCUT2D eigenvalue weighted by Gasteiger charge is 2.40. The minimum Gasteiger partial charge on any atom is -0.495 e. The molecule has 1 aliphatic heterocycles. The zero-order chi connectivity index (χ0) is 23.9. The van der Waals surface area contributed by atoms with E-state index < -0.39 is 10.0 Å². The molecular weight excluding hydrogens is 454 g/mol. The number of nitro benzene ring substituents is 1. The van der Waals surface area contributed by atoms with Crippen molar-refractivity contribution in [1.29, 1.82) is 0 Å². The Kier molecular flexibility index (Phi) is 5.49. The molecule has 0 bridgehead atoms. The van der Waals surface area contributed by atoms with E-state index in [1.165, 1.54) is 13.2 Å². The highest BCUT2D eigenvalue weighted by molar-refractivity contribution is 7.92. The van der Waals surface area contributed by atoms with Crippen molar-refractivity contribution in [2.75, 3.05) is 17.1 Å². The molecule has 1 aliphatic carbocycles.